The summed E-state index contributed by atoms with van der Waals surface area (Å²) in [4.78, 5) is 34.2. The highest BCUT2D eigenvalue weighted by atomic mass is 32.2. The molecule has 2 N–H and O–H groups in total. The number of aliphatic carboxylic acids is 1. The lowest BCUT2D eigenvalue weighted by Crippen LogP contribution is -2.52. The number of para-hydroxylation sites is 1. The topological polar surface area (TPSA) is 147 Å². The fraction of sp³-hybridized carbons (Fsp3) is 0.231. The van der Waals surface area contributed by atoms with Crippen molar-refractivity contribution in [2.75, 3.05) is 6.26 Å². The second-order valence-electron chi connectivity index (χ2n) is 5.04. The number of carbonyl (C=O) groups is 2. The van der Waals surface area contributed by atoms with Gasteiger partial charge in [0.25, 0.3) is 5.69 Å². The Morgan fingerprint density at radius 2 is 1.96 bits per heavy atom. The molecule has 1 atom stereocenters. The fourth-order valence-electron chi connectivity index (χ4n) is 2.42. The van der Waals surface area contributed by atoms with Gasteiger partial charge in [-0.1, -0.05) is 12.1 Å². The van der Waals surface area contributed by atoms with Crippen molar-refractivity contribution in [2.24, 2.45) is 0 Å². The van der Waals surface area contributed by atoms with Crippen LogP contribution < -0.4 is 5.32 Å². The number of nitro groups is 1. The molecule has 0 fully saturated rings. The van der Waals surface area contributed by atoms with Gasteiger partial charge in [-0.15, -0.1) is 0 Å². The molecule has 0 saturated carbocycles. The molecule has 1 aromatic carbocycles. The molecule has 1 aliphatic heterocycles. The number of nitro benzene ring substituents is 1. The highest BCUT2D eigenvalue weighted by Gasteiger charge is 2.41. The highest BCUT2D eigenvalue weighted by molar-refractivity contribution is 7.89. The molecule has 10 nitrogen and oxygen atoms in total. The Hall–Kier alpha value is -2.95. The van der Waals surface area contributed by atoms with E-state index in [0.717, 1.165) is 6.07 Å². The highest BCUT2D eigenvalue weighted by Crippen LogP contribution is 2.35. The van der Waals surface area contributed by atoms with Crippen LogP contribution >= 0.6 is 0 Å². The molecule has 0 spiro atoms. The molecule has 1 aliphatic rings. The first-order chi connectivity index (χ1) is 11.1. The molecule has 24 heavy (non-hydrogen) atoms. The van der Waals surface area contributed by atoms with Crippen molar-refractivity contribution in [2.45, 2.75) is 13.0 Å². The van der Waals surface area contributed by atoms with Gasteiger partial charge >= 0.3 is 12.0 Å². The van der Waals surface area contributed by atoms with Gasteiger partial charge < -0.3 is 10.4 Å². The van der Waals surface area contributed by atoms with Crippen LogP contribution in [0.5, 0.6) is 0 Å². The van der Waals surface area contributed by atoms with Gasteiger partial charge in [-0.2, -0.15) is 4.31 Å². The molecule has 2 amide bonds. The van der Waals surface area contributed by atoms with Crippen molar-refractivity contribution in [1.82, 2.24) is 9.62 Å². The zero-order valence-corrected chi connectivity index (χ0v) is 13.4. The molecule has 0 radical (unpaired) electrons. The van der Waals surface area contributed by atoms with E-state index in [1.54, 1.807) is 0 Å². The zero-order valence-electron chi connectivity index (χ0n) is 12.6. The number of hydrogen-bond acceptors (Lipinski definition) is 6. The molecule has 0 aromatic heterocycles. The van der Waals surface area contributed by atoms with Crippen molar-refractivity contribution < 1.29 is 28.0 Å². The predicted molar refractivity (Wildman–Crippen MR) is 82.3 cm³/mol. The van der Waals surface area contributed by atoms with E-state index < -0.39 is 49.9 Å². The summed E-state index contributed by atoms with van der Waals surface area (Å²) < 4.78 is 24.2. The number of carboxylic acids is 1. The van der Waals surface area contributed by atoms with Gasteiger partial charge in [0.15, 0.2) is 0 Å². The average Bonchev–Trinajstić information content (AvgIpc) is 2.44. The van der Waals surface area contributed by atoms with Crippen LogP contribution in [0.15, 0.2) is 29.8 Å². The number of sulfonamides is 1. The molecule has 0 aliphatic carbocycles. The Kier molecular flexibility index (Phi) is 4.30. The van der Waals surface area contributed by atoms with Crippen LogP contribution in [0.4, 0.5) is 10.5 Å². The summed E-state index contributed by atoms with van der Waals surface area (Å²) in [7, 11) is -4.23. The Morgan fingerprint density at radius 3 is 2.46 bits per heavy atom. The number of carboxylic acid groups (broad SMARTS) is 1. The van der Waals surface area contributed by atoms with Gasteiger partial charge in [0.2, 0.25) is 10.0 Å². The molecular formula is C13H13N3O7S. The van der Waals surface area contributed by atoms with E-state index in [2.05, 4.69) is 5.32 Å². The van der Waals surface area contributed by atoms with Crippen LogP contribution in [0.2, 0.25) is 0 Å². The lowest BCUT2D eigenvalue weighted by atomic mass is 9.98. The third-order valence-corrected chi connectivity index (χ3v) is 4.35. The molecule has 11 heteroatoms. The van der Waals surface area contributed by atoms with Crippen LogP contribution in [-0.4, -0.2) is 47.1 Å². The van der Waals surface area contributed by atoms with Crippen molar-refractivity contribution in [3.63, 3.8) is 0 Å². The summed E-state index contributed by atoms with van der Waals surface area (Å²) >= 11 is 0. The van der Waals surface area contributed by atoms with E-state index in [9.17, 15) is 33.2 Å². The number of urea groups is 1. The van der Waals surface area contributed by atoms with Gasteiger partial charge in [-0.3, -0.25) is 10.1 Å². The predicted octanol–water partition coefficient (Wildman–Crippen LogP) is 0.764. The zero-order chi connectivity index (χ0) is 18.2. The molecular weight excluding hydrogens is 342 g/mol. The van der Waals surface area contributed by atoms with Crippen LogP contribution in [0, 0.1) is 10.1 Å². The summed E-state index contributed by atoms with van der Waals surface area (Å²) in [6.45, 7) is 1.34. The van der Waals surface area contributed by atoms with Crippen LogP contribution in [0.3, 0.4) is 0 Å². The van der Waals surface area contributed by atoms with E-state index in [1.807, 2.05) is 0 Å². The van der Waals surface area contributed by atoms with Crippen LogP contribution in [-0.2, 0) is 14.8 Å². The number of amides is 2. The van der Waals surface area contributed by atoms with Gasteiger partial charge in [0.05, 0.1) is 34.1 Å². The van der Waals surface area contributed by atoms with Crippen molar-refractivity contribution in [3.05, 3.63) is 45.5 Å². The van der Waals surface area contributed by atoms with E-state index in [-0.39, 0.29) is 9.87 Å². The molecule has 1 aromatic rings. The number of hydrogen-bond donors (Lipinski definition) is 2. The molecule has 1 unspecified atom stereocenters. The lowest BCUT2D eigenvalue weighted by molar-refractivity contribution is -0.385. The van der Waals surface area contributed by atoms with Crippen molar-refractivity contribution in [1.29, 1.82) is 0 Å². The van der Waals surface area contributed by atoms with Crippen molar-refractivity contribution >= 4 is 33.4 Å². The number of rotatable bonds is 4. The normalized spacial score (nSPS) is 18.3. The standard InChI is InChI=1S/C13H13N3O7S/c1-7-10(12(17)18)11(15(13(19)14-7)24(2,22)23)8-5-3-4-6-9(8)16(20)21/h3-7H,1-2H3,(H,14,19)(H,17,18). The van der Waals surface area contributed by atoms with Gasteiger partial charge in [0, 0.05) is 6.07 Å². The Balaban J connectivity index is 2.94. The maximum absolute atomic E-state index is 12.1. The summed E-state index contributed by atoms with van der Waals surface area (Å²) in [5, 5.41) is 22.9. The Labute approximate surface area is 136 Å². The van der Waals surface area contributed by atoms with E-state index in [4.69, 9.17) is 0 Å². The second kappa shape index (κ2) is 5.92. The molecule has 2 rings (SSSR count). The minimum atomic E-state index is -4.23. The molecule has 0 saturated heterocycles. The van der Waals surface area contributed by atoms with Crippen LogP contribution in [0.25, 0.3) is 5.70 Å². The quantitative estimate of drug-likeness (QED) is 0.598. The first-order valence-corrected chi connectivity index (χ1v) is 8.42. The molecule has 1 heterocycles. The summed E-state index contributed by atoms with van der Waals surface area (Å²) in [5.74, 6) is -1.50. The van der Waals surface area contributed by atoms with E-state index in [1.165, 1.54) is 25.1 Å². The number of benzene rings is 1. The maximum Gasteiger partial charge on any atom is 0.336 e. The summed E-state index contributed by atoms with van der Waals surface area (Å²) in [6.07, 6.45) is 0.705. The third kappa shape index (κ3) is 2.93. The smallest absolute Gasteiger partial charge is 0.336 e. The fourth-order valence-corrected chi connectivity index (χ4v) is 3.30. The lowest BCUT2D eigenvalue weighted by Gasteiger charge is -2.32. The molecule has 128 valence electrons. The first-order valence-electron chi connectivity index (χ1n) is 6.57. The number of nitrogens with one attached hydrogen (secondary N) is 1. The Morgan fingerprint density at radius 1 is 1.38 bits per heavy atom. The first kappa shape index (κ1) is 17.4. The summed E-state index contributed by atoms with van der Waals surface area (Å²) in [5.41, 5.74) is -1.78. The second-order valence-corrected chi connectivity index (χ2v) is 6.87. The Bertz CT molecular complexity index is 875. The van der Waals surface area contributed by atoms with Crippen molar-refractivity contribution in [3.8, 4) is 0 Å². The SMILES string of the molecule is CC1NC(=O)N(S(C)(=O)=O)C(c2ccccc2[N+](=O)[O-])=C1C(=O)O. The van der Waals surface area contributed by atoms with E-state index in [0.29, 0.717) is 6.26 Å². The van der Waals surface area contributed by atoms with Gasteiger partial charge in [-0.05, 0) is 13.0 Å². The number of carbonyl (C=O) groups excluding carboxylic acids is 1. The maximum atomic E-state index is 12.1. The van der Waals surface area contributed by atoms with E-state index >= 15 is 0 Å². The minimum absolute atomic E-state index is 0.235. The largest absolute Gasteiger partial charge is 0.478 e. The minimum Gasteiger partial charge on any atom is -0.478 e. The van der Waals surface area contributed by atoms with Crippen LogP contribution in [0.1, 0.15) is 12.5 Å². The third-order valence-electron chi connectivity index (χ3n) is 3.33. The monoisotopic (exact) mass is 355 g/mol. The molecule has 0 bridgehead atoms. The summed E-state index contributed by atoms with van der Waals surface area (Å²) in [6, 6.07) is 2.90. The van der Waals surface area contributed by atoms with Gasteiger partial charge in [0.1, 0.15) is 0 Å². The van der Waals surface area contributed by atoms with Gasteiger partial charge in [-0.25, -0.2) is 18.0 Å². The average molecular weight is 355 g/mol. The number of nitrogens with zero attached hydrogens (tertiary/aromatic N) is 2.